The van der Waals surface area contributed by atoms with Crippen molar-refractivity contribution in [2.45, 2.75) is 70.5 Å². The third-order valence-corrected chi connectivity index (χ3v) is 8.22. The molecule has 0 spiro atoms. The van der Waals surface area contributed by atoms with Crippen LogP contribution < -0.4 is 4.90 Å². The summed E-state index contributed by atoms with van der Waals surface area (Å²) in [6, 6.07) is 7.34. The first-order valence-electron chi connectivity index (χ1n) is 14.3. The Morgan fingerprint density at radius 2 is 1.80 bits per heavy atom. The summed E-state index contributed by atoms with van der Waals surface area (Å²) in [6.07, 6.45) is 3.40. The number of benzene rings is 1. The SMILES string of the molecule is CC1C[C@H](O)c2ncnc(N3CCN(C(=O)[C@H](CN(CC4CC4)C(=O)OC(C)(C)C)c4ccc(Cl)cc4)CC3)c21. The molecule has 5 rings (SSSR count). The van der Waals surface area contributed by atoms with E-state index < -0.39 is 17.6 Å². The minimum atomic E-state index is -0.621. The number of aromatic nitrogens is 2. The Labute approximate surface area is 241 Å². The topological polar surface area (TPSA) is 99.1 Å². The number of fused-ring (bicyclic) bond motifs is 1. The number of aliphatic hydroxyl groups is 1. The molecule has 9 nitrogen and oxygen atoms in total. The molecule has 40 heavy (non-hydrogen) atoms. The molecule has 2 heterocycles. The van der Waals surface area contributed by atoms with Gasteiger partial charge in [0.2, 0.25) is 5.91 Å². The first-order chi connectivity index (χ1) is 19.0. The second-order valence-electron chi connectivity index (χ2n) is 12.4. The lowest BCUT2D eigenvalue weighted by atomic mass is 9.96. The fraction of sp³-hybridized carbons (Fsp3) is 0.600. The van der Waals surface area contributed by atoms with Gasteiger partial charge in [0.25, 0.3) is 0 Å². The van der Waals surface area contributed by atoms with Crippen molar-refractivity contribution in [2.24, 2.45) is 5.92 Å². The predicted octanol–water partition coefficient (Wildman–Crippen LogP) is 4.75. The number of hydrogen-bond donors (Lipinski definition) is 1. The molecule has 2 aromatic rings. The number of rotatable bonds is 7. The van der Waals surface area contributed by atoms with Crippen molar-refractivity contribution < 1.29 is 19.4 Å². The van der Waals surface area contributed by atoms with Crippen molar-refractivity contribution in [3.63, 3.8) is 0 Å². The van der Waals surface area contributed by atoms with Crippen LogP contribution >= 0.6 is 11.6 Å². The van der Waals surface area contributed by atoms with Crippen LogP contribution in [0.3, 0.4) is 0 Å². The molecule has 0 radical (unpaired) electrons. The molecule has 2 aliphatic carbocycles. The monoisotopic (exact) mass is 569 g/mol. The summed E-state index contributed by atoms with van der Waals surface area (Å²) in [6.45, 7) is 10.8. The van der Waals surface area contributed by atoms with Crippen LogP contribution in [-0.4, -0.2) is 81.7 Å². The highest BCUT2D eigenvalue weighted by Crippen LogP contribution is 2.43. The number of amides is 2. The molecular weight excluding hydrogens is 530 g/mol. The average Bonchev–Trinajstić information content (AvgIpc) is 3.69. The molecule has 1 saturated carbocycles. The summed E-state index contributed by atoms with van der Waals surface area (Å²) in [5.41, 5.74) is 1.94. The number of hydrogen-bond acceptors (Lipinski definition) is 7. The fourth-order valence-electron chi connectivity index (χ4n) is 5.72. The Kier molecular flexibility index (Phi) is 8.25. The summed E-state index contributed by atoms with van der Waals surface area (Å²) in [5, 5.41) is 11.0. The maximum Gasteiger partial charge on any atom is 0.410 e. The van der Waals surface area contributed by atoms with Crippen LogP contribution in [0.15, 0.2) is 30.6 Å². The van der Waals surface area contributed by atoms with Gasteiger partial charge in [-0.25, -0.2) is 14.8 Å². The van der Waals surface area contributed by atoms with Gasteiger partial charge in [-0.1, -0.05) is 30.7 Å². The third-order valence-electron chi connectivity index (χ3n) is 7.97. The molecule has 1 unspecified atom stereocenters. The molecule has 3 aliphatic rings. The first kappa shape index (κ1) is 28.6. The van der Waals surface area contributed by atoms with Crippen LogP contribution in [0.1, 0.15) is 81.7 Å². The molecule has 1 N–H and O–H groups in total. The first-order valence-corrected chi connectivity index (χ1v) is 14.7. The van der Waals surface area contributed by atoms with Gasteiger partial charge in [0.15, 0.2) is 0 Å². The van der Waals surface area contributed by atoms with Gasteiger partial charge < -0.3 is 24.5 Å². The lowest BCUT2D eigenvalue weighted by Gasteiger charge is -2.38. The van der Waals surface area contributed by atoms with Crippen LogP contribution in [0.5, 0.6) is 0 Å². The van der Waals surface area contributed by atoms with E-state index in [4.69, 9.17) is 16.3 Å². The van der Waals surface area contributed by atoms with Gasteiger partial charge >= 0.3 is 6.09 Å². The van der Waals surface area contributed by atoms with Crippen LogP contribution in [0.25, 0.3) is 0 Å². The number of ether oxygens (including phenoxy) is 1. The van der Waals surface area contributed by atoms with Gasteiger partial charge in [-0.15, -0.1) is 0 Å². The Morgan fingerprint density at radius 3 is 2.42 bits per heavy atom. The number of aliphatic hydroxyl groups excluding tert-OH is 1. The van der Waals surface area contributed by atoms with Gasteiger partial charge in [0.05, 0.1) is 17.7 Å². The Hall–Kier alpha value is -2.91. The minimum absolute atomic E-state index is 0.0111. The smallest absolute Gasteiger partial charge is 0.410 e. The van der Waals surface area contributed by atoms with E-state index in [9.17, 15) is 14.7 Å². The number of nitrogens with zero attached hydrogens (tertiary/aromatic N) is 5. The molecule has 2 amide bonds. The zero-order valence-electron chi connectivity index (χ0n) is 23.8. The second-order valence-corrected chi connectivity index (χ2v) is 12.8. The van der Waals surface area contributed by atoms with Crippen molar-refractivity contribution in [3.05, 3.63) is 52.4 Å². The summed E-state index contributed by atoms with van der Waals surface area (Å²) in [5.74, 6) is 0.945. The molecule has 3 atom stereocenters. The average molecular weight is 570 g/mol. The lowest BCUT2D eigenvalue weighted by Crippen LogP contribution is -2.52. The number of piperazine rings is 1. The maximum atomic E-state index is 14.1. The van der Waals surface area contributed by atoms with Crippen molar-refractivity contribution >= 4 is 29.4 Å². The van der Waals surface area contributed by atoms with E-state index in [0.717, 1.165) is 35.5 Å². The zero-order chi connectivity index (χ0) is 28.6. The van der Waals surface area contributed by atoms with E-state index in [0.29, 0.717) is 50.1 Å². The van der Waals surface area contributed by atoms with E-state index in [1.807, 2.05) is 37.8 Å². The Balaban J connectivity index is 1.33. The van der Waals surface area contributed by atoms with Gasteiger partial charge in [0, 0.05) is 49.9 Å². The number of carbonyl (C=O) groups is 2. The zero-order valence-corrected chi connectivity index (χ0v) is 24.6. The molecule has 216 valence electrons. The quantitative estimate of drug-likeness (QED) is 0.513. The molecule has 1 aromatic heterocycles. The summed E-state index contributed by atoms with van der Waals surface area (Å²) >= 11 is 6.17. The summed E-state index contributed by atoms with van der Waals surface area (Å²) in [4.78, 5) is 42.0. The molecule has 1 aromatic carbocycles. The van der Waals surface area contributed by atoms with Crippen molar-refractivity contribution in [3.8, 4) is 0 Å². The largest absolute Gasteiger partial charge is 0.444 e. The van der Waals surface area contributed by atoms with Crippen molar-refractivity contribution in [2.75, 3.05) is 44.2 Å². The molecule has 1 saturated heterocycles. The Morgan fingerprint density at radius 1 is 1.12 bits per heavy atom. The van der Waals surface area contributed by atoms with Gasteiger partial charge in [-0.05, 0) is 69.6 Å². The normalized spacial score (nSPS) is 21.6. The van der Waals surface area contributed by atoms with Crippen LogP contribution in [0.2, 0.25) is 5.02 Å². The molecule has 2 fully saturated rings. The lowest BCUT2D eigenvalue weighted by molar-refractivity contribution is -0.133. The van der Waals surface area contributed by atoms with Crippen LogP contribution in [0, 0.1) is 5.92 Å². The van der Waals surface area contributed by atoms with E-state index in [2.05, 4.69) is 21.8 Å². The van der Waals surface area contributed by atoms with E-state index in [-0.39, 0.29) is 24.5 Å². The minimum Gasteiger partial charge on any atom is -0.444 e. The highest BCUT2D eigenvalue weighted by molar-refractivity contribution is 6.30. The molecule has 1 aliphatic heterocycles. The fourth-order valence-corrected chi connectivity index (χ4v) is 5.84. The molecular formula is C30H40ClN5O4. The molecule has 10 heteroatoms. The van der Waals surface area contributed by atoms with E-state index in [1.165, 1.54) is 6.33 Å². The predicted molar refractivity (Wildman–Crippen MR) is 154 cm³/mol. The van der Waals surface area contributed by atoms with Crippen molar-refractivity contribution in [1.29, 1.82) is 0 Å². The van der Waals surface area contributed by atoms with Gasteiger partial charge in [-0.3, -0.25) is 4.79 Å². The second kappa shape index (κ2) is 11.5. The van der Waals surface area contributed by atoms with Gasteiger partial charge in [0.1, 0.15) is 17.7 Å². The highest BCUT2D eigenvalue weighted by Gasteiger charge is 2.37. The molecule has 0 bridgehead atoms. The van der Waals surface area contributed by atoms with Crippen LogP contribution in [0.4, 0.5) is 10.6 Å². The Bertz CT molecular complexity index is 1220. The van der Waals surface area contributed by atoms with E-state index >= 15 is 0 Å². The van der Waals surface area contributed by atoms with Crippen molar-refractivity contribution in [1.82, 2.24) is 19.8 Å². The third kappa shape index (κ3) is 6.52. The van der Waals surface area contributed by atoms with Gasteiger partial charge in [-0.2, -0.15) is 0 Å². The summed E-state index contributed by atoms with van der Waals surface area (Å²) in [7, 11) is 0. The number of anilines is 1. The standard InChI is InChI=1S/C30H40ClN5O4/c1-19-15-24(37)26-25(19)27(33-18-32-26)34-11-13-35(14-12-34)28(38)23(21-7-9-22(31)10-8-21)17-36(16-20-5-6-20)29(39)40-30(2,3)4/h7-10,18-20,23-24,37H,5-6,11-17H2,1-4H3/t19?,23-,24+/m1/s1. The number of carbonyl (C=O) groups excluding carboxylic acids is 2. The number of halogens is 1. The van der Waals surface area contributed by atoms with E-state index in [1.54, 1.807) is 17.0 Å². The summed E-state index contributed by atoms with van der Waals surface area (Å²) < 4.78 is 5.73. The van der Waals surface area contributed by atoms with Crippen LogP contribution in [-0.2, 0) is 9.53 Å². The maximum absolute atomic E-state index is 14.1. The highest BCUT2D eigenvalue weighted by atomic mass is 35.5.